The second kappa shape index (κ2) is 10.6. The van der Waals surface area contributed by atoms with Crippen molar-refractivity contribution in [1.82, 2.24) is 9.88 Å². The number of aromatic carboxylic acids is 1. The summed E-state index contributed by atoms with van der Waals surface area (Å²) in [5.74, 6) is -2.78. The van der Waals surface area contributed by atoms with Crippen molar-refractivity contribution in [2.24, 2.45) is 0 Å². The Balaban J connectivity index is 1.17. The van der Waals surface area contributed by atoms with Crippen LogP contribution >= 0.6 is 0 Å². The molecule has 3 aliphatic rings. The molecule has 3 fully saturated rings. The van der Waals surface area contributed by atoms with Crippen LogP contribution in [0, 0.1) is 11.6 Å². The maximum atomic E-state index is 15.3. The van der Waals surface area contributed by atoms with Gasteiger partial charge in [-0.15, -0.1) is 0 Å². The number of cyclic esters (lactones) is 1. The maximum Gasteiger partial charge on any atom is 0.414 e. The molecular formula is C29H29F2N5O6. The number of carbonyl (C=O) groups is 3. The van der Waals surface area contributed by atoms with Gasteiger partial charge in [0.25, 0.3) is 0 Å². The van der Waals surface area contributed by atoms with E-state index in [-0.39, 0.29) is 47.7 Å². The minimum absolute atomic E-state index is 0.0300. The van der Waals surface area contributed by atoms with E-state index in [1.807, 2.05) is 4.90 Å². The van der Waals surface area contributed by atoms with Crippen LogP contribution in [-0.2, 0) is 9.53 Å². The minimum Gasteiger partial charge on any atom is -0.477 e. The maximum absolute atomic E-state index is 15.3. The Morgan fingerprint density at radius 1 is 1.07 bits per heavy atom. The lowest BCUT2D eigenvalue weighted by Gasteiger charge is -2.22. The number of carboxylic acid groups (broad SMARTS) is 1. The number of nitrogens with one attached hydrogen (secondary N) is 2. The fourth-order valence-corrected chi connectivity index (χ4v) is 5.61. The Labute approximate surface area is 238 Å². The Morgan fingerprint density at radius 2 is 1.86 bits per heavy atom. The summed E-state index contributed by atoms with van der Waals surface area (Å²) in [5.41, 5.74) is 0.238. The molecule has 2 amide bonds. The number of pyridine rings is 1. The van der Waals surface area contributed by atoms with Gasteiger partial charge in [0.05, 0.1) is 35.7 Å². The molecule has 1 saturated carbocycles. The van der Waals surface area contributed by atoms with Crippen LogP contribution in [0.25, 0.3) is 10.9 Å². The third kappa shape index (κ3) is 5.21. The van der Waals surface area contributed by atoms with Gasteiger partial charge in [0.2, 0.25) is 11.3 Å². The number of carbonyl (C=O) groups excluding carboxylic acids is 2. The zero-order chi connectivity index (χ0) is 29.7. The summed E-state index contributed by atoms with van der Waals surface area (Å²) >= 11 is 0. The summed E-state index contributed by atoms with van der Waals surface area (Å²) in [6, 6.07) is 6.94. The summed E-state index contributed by atoms with van der Waals surface area (Å²) in [6.45, 7) is 2.55. The Hall–Kier alpha value is -4.68. The van der Waals surface area contributed by atoms with E-state index >= 15 is 8.78 Å². The van der Waals surface area contributed by atoms with Crippen molar-refractivity contribution in [2.45, 2.75) is 44.4 Å². The SMILES string of the molecule is CC(=O)NCC1CN(c2ccc(N[C@@H]3CCN(c4cc5c(cc4F)c(=O)c(C(=O)O)cn5C4CC4)C3)c(F)c2)C(=O)O1. The molecule has 0 bridgehead atoms. The number of rotatable bonds is 8. The Kier molecular flexibility index (Phi) is 6.95. The van der Waals surface area contributed by atoms with Gasteiger partial charge in [0, 0.05) is 43.7 Å². The molecular weight excluding hydrogens is 552 g/mol. The fraction of sp³-hybridized carbons (Fsp3) is 0.379. The van der Waals surface area contributed by atoms with E-state index in [2.05, 4.69) is 10.6 Å². The summed E-state index contributed by atoms with van der Waals surface area (Å²) in [6.07, 6.45) is 2.47. The van der Waals surface area contributed by atoms with Crippen molar-refractivity contribution in [3.05, 3.63) is 63.9 Å². The highest BCUT2D eigenvalue weighted by Crippen LogP contribution is 2.38. The van der Waals surface area contributed by atoms with E-state index in [0.29, 0.717) is 36.4 Å². The van der Waals surface area contributed by atoms with Crippen LogP contribution in [0.1, 0.15) is 42.6 Å². The molecule has 3 heterocycles. The van der Waals surface area contributed by atoms with Crippen molar-refractivity contribution in [3.8, 4) is 0 Å². The second-order valence-corrected chi connectivity index (χ2v) is 10.9. The van der Waals surface area contributed by atoms with Crippen LogP contribution in [0.15, 0.2) is 41.3 Å². The third-order valence-corrected chi connectivity index (χ3v) is 7.88. The van der Waals surface area contributed by atoms with Crippen LogP contribution in [0.5, 0.6) is 0 Å². The molecule has 220 valence electrons. The molecule has 1 aromatic heterocycles. The monoisotopic (exact) mass is 581 g/mol. The van der Waals surface area contributed by atoms with E-state index < -0.39 is 35.2 Å². The number of aromatic nitrogens is 1. The van der Waals surface area contributed by atoms with E-state index in [1.165, 1.54) is 30.2 Å². The second-order valence-electron chi connectivity index (χ2n) is 10.9. The number of hydrogen-bond donors (Lipinski definition) is 3. The molecule has 3 N–H and O–H groups in total. The molecule has 2 saturated heterocycles. The van der Waals surface area contributed by atoms with Crippen molar-refractivity contribution < 1.29 is 33.0 Å². The molecule has 2 aliphatic heterocycles. The summed E-state index contributed by atoms with van der Waals surface area (Å²) in [4.78, 5) is 50.9. The molecule has 2 aromatic carbocycles. The third-order valence-electron chi connectivity index (χ3n) is 7.88. The number of amides is 2. The number of carboxylic acids is 1. The number of anilines is 3. The first kappa shape index (κ1) is 27.5. The molecule has 2 atom stereocenters. The van der Waals surface area contributed by atoms with Gasteiger partial charge in [0.1, 0.15) is 23.3 Å². The fourth-order valence-electron chi connectivity index (χ4n) is 5.61. The van der Waals surface area contributed by atoms with Crippen molar-refractivity contribution in [2.75, 3.05) is 41.3 Å². The van der Waals surface area contributed by atoms with Crippen LogP contribution in [-0.4, -0.2) is 66.0 Å². The predicted molar refractivity (Wildman–Crippen MR) is 150 cm³/mol. The zero-order valence-electron chi connectivity index (χ0n) is 22.7. The quantitative estimate of drug-likeness (QED) is 0.369. The van der Waals surface area contributed by atoms with E-state index in [1.54, 1.807) is 16.7 Å². The van der Waals surface area contributed by atoms with Crippen LogP contribution < -0.4 is 25.9 Å². The van der Waals surface area contributed by atoms with Gasteiger partial charge in [-0.3, -0.25) is 14.5 Å². The molecule has 1 unspecified atom stereocenters. The van der Waals surface area contributed by atoms with Gasteiger partial charge >= 0.3 is 12.1 Å². The standard InChI is InChI=1S/C29H29F2N5O6/c1-15(37)32-11-19-13-36(29(41)42-19)18-4-5-24(22(30)8-18)33-16-6-7-34(12-16)26-10-25-20(9-23(26)31)27(38)21(28(39)40)14-35(25)17-2-3-17/h4-5,8-10,14,16-17,19,33H,2-3,6-7,11-13H2,1H3,(H,32,37)(H,39,40)/t16-,19?/m1/s1. The lowest BCUT2D eigenvalue weighted by Crippen LogP contribution is -2.33. The summed E-state index contributed by atoms with van der Waals surface area (Å²) in [5, 5.41) is 15.3. The number of ether oxygens (including phenoxy) is 1. The van der Waals surface area contributed by atoms with Crippen molar-refractivity contribution >= 4 is 45.9 Å². The summed E-state index contributed by atoms with van der Waals surface area (Å²) < 4.78 is 37.4. The van der Waals surface area contributed by atoms with E-state index in [9.17, 15) is 24.3 Å². The lowest BCUT2D eigenvalue weighted by molar-refractivity contribution is -0.119. The largest absolute Gasteiger partial charge is 0.477 e. The van der Waals surface area contributed by atoms with Gasteiger partial charge in [-0.2, -0.15) is 0 Å². The number of nitrogens with zero attached hydrogens (tertiary/aromatic N) is 3. The van der Waals surface area contributed by atoms with Gasteiger partial charge in [-0.1, -0.05) is 0 Å². The molecule has 0 spiro atoms. The molecule has 1 aliphatic carbocycles. The first-order chi connectivity index (χ1) is 20.1. The highest BCUT2D eigenvalue weighted by molar-refractivity contribution is 5.94. The van der Waals surface area contributed by atoms with E-state index in [4.69, 9.17) is 4.74 Å². The van der Waals surface area contributed by atoms with Gasteiger partial charge < -0.3 is 29.9 Å². The van der Waals surface area contributed by atoms with Crippen molar-refractivity contribution in [1.29, 1.82) is 0 Å². The normalized spacial score (nSPS) is 20.2. The van der Waals surface area contributed by atoms with Crippen molar-refractivity contribution in [3.63, 3.8) is 0 Å². The van der Waals surface area contributed by atoms with Gasteiger partial charge in [0.15, 0.2) is 0 Å². The highest BCUT2D eigenvalue weighted by atomic mass is 19.1. The van der Waals surface area contributed by atoms with Crippen LogP contribution in [0.4, 0.5) is 30.6 Å². The predicted octanol–water partition coefficient (Wildman–Crippen LogP) is 3.46. The minimum atomic E-state index is -1.35. The molecule has 0 radical (unpaired) electrons. The topological polar surface area (TPSA) is 133 Å². The average molecular weight is 582 g/mol. The molecule has 13 heteroatoms. The Bertz CT molecular complexity index is 1670. The van der Waals surface area contributed by atoms with Crippen LogP contribution in [0.2, 0.25) is 0 Å². The highest BCUT2D eigenvalue weighted by Gasteiger charge is 2.33. The van der Waals surface area contributed by atoms with Crippen LogP contribution in [0.3, 0.4) is 0 Å². The Morgan fingerprint density at radius 3 is 2.55 bits per heavy atom. The van der Waals surface area contributed by atoms with Gasteiger partial charge in [-0.25, -0.2) is 18.4 Å². The number of benzene rings is 2. The zero-order valence-corrected chi connectivity index (χ0v) is 22.7. The lowest BCUT2D eigenvalue weighted by atomic mass is 10.1. The van der Waals surface area contributed by atoms with Gasteiger partial charge in [-0.05, 0) is 49.6 Å². The first-order valence-corrected chi connectivity index (χ1v) is 13.7. The molecule has 6 rings (SSSR count). The summed E-state index contributed by atoms with van der Waals surface area (Å²) in [7, 11) is 0. The smallest absolute Gasteiger partial charge is 0.414 e. The average Bonchev–Trinajstić information content (AvgIpc) is 3.56. The number of fused-ring (bicyclic) bond motifs is 1. The van der Waals surface area contributed by atoms with E-state index in [0.717, 1.165) is 18.9 Å². The molecule has 42 heavy (non-hydrogen) atoms. The number of halogens is 2. The molecule has 11 nitrogen and oxygen atoms in total. The first-order valence-electron chi connectivity index (χ1n) is 13.7. The number of hydrogen-bond acceptors (Lipinski definition) is 7. The molecule has 3 aromatic rings.